The third-order valence-corrected chi connectivity index (χ3v) is 4.92. The van der Waals surface area contributed by atoms with Gasteiger partial charge in [0.25, 0.3) is 0 Å². The highest BCUT2D eigenvalue weighted by Crippen LogP contribution is 2.38. The van der Waals surface area contributed by atoms with Crippen molar-refractivity contribution in [3.63, 3.8) is 0 Å². The molecule has 0 spiro atoms. The fraction of sp³-hybridized carbons (Fsp3) is 0.250. The van der Waals surface area contributed by atoms with Crippen molar-refractivity contribution in [3.05, 3.63) is 65.0 Å². The van der Waals surface area contributed by atoms with Gasteiger partial charge in [-0.1, -0.05) is 24.3 Å². The van der Waals surface area contributed by atoms with Crippen molar-refractivity contribution in [1.82, 2.24) is 4.90 Å². The van der Waals surface area contributed by atoms with Gasteiger partial charge < -0.3 is 10.1 Å². The molecule has 2 aliphatic rings. The minimum Gasteiger partial charge on any atom is -0.433 e. The molecule has 0 bridgehead atoms. The summed E-state index contributed by atoms with van der Waals surface area (Å²) >= 11 is 0. The second kappa shape index (κ2) is 6.50. The number of amides is 2. The molecule has 0 radical (unpaired) electrons. The van der Waals surface area contributed by atoms with Crippen LogP contribution in [0, 0.1) is 12.7 Å². The van der Waals surface area contributed by atoms with Crippen LogP contribution in [0.4, 0.5) is 10.1 Å². The average Bonchev–Trinajstić information content (AvgIpc) is 3.19. The summed E-state index contributed by atoms with van der Waals surface area (Å²) in [5.74, 6) is -1.65. The van der Waals surface area contributed by atoms with Crippen LogP contribution in [0.3, 0.4) is 0 Å². The van der Waals surface area contributed by atoms with Crippen molar-refractivity contribution in [3.8, 4) is 0 Å². The lowest BCUT2D eigenvalue weighted by Crippen LogP contribution is -2.43. The molecule has 1 saturated heterocycles. The van der Waals surface area contributed by atoms with Crippen LogP contribution in [0.25, 0.3) is 0 Å². The Bertz CT molecular complexity index is 959. The molecule has 7 heteroatoms. The third kappa shape index (κ3) is 2.95. The molecule has 27 heavy (non-hydrogen) atoms. The van der Waals surface area contributed by atoms with Gasteiger partial charge in [0, 0.05) is 17.7 Å². The first-order chi connectivity index (χ1) is 13.0. The van der Waals surface area contributed by atoms with Crippen LogP contribution in [0.5, 0.6) is 0 Å². The first kappa shape index (κ1) is 17.2. The molecule has 1 N–H and O–H groups in total. The molecule has 2 aliphatic heterocycles. The number of carbonyl (C=O) groups is 3. The molecule has 2 amide bonds. The molecule has 1 fully saturated rings. The number of nitrogens with one attached hydrogen (secondary N) is 1. The lowest BCUT2D eigenvalue weighted by Gasteiger charge is -2.29. The number of benzene rings is 2. The van der Waals surface area contributed by atoms with Gasteiger partial charge in [-0.05, 0) is 37.1 Å². The van der Waals surface area contributed by atoms with Gasteiger partial charge >= 0.3 is 5.97 Å². The van der Waals surface area contributed by atoms with Crippen LogP contribution >= 0.6 is 0 Å². The van der Waals surface area contributed by atoms with Crippen molar-refractivity contribution in [1.29, 1.82) is 0 Å². The van der Waals surface area contributed by atoms with Crippen molar-refractivity contribution < 1.29 is 23.5 Å². The van der Waals surface area contributed by atoms with Gasteiger partial charge in [-0.15, -0.1) is 0 Å². The molecule has 6 nitrogen and oxygen atoms in total. The number of fused-ring (bicyclic) bond motifs is 1. The Hall–Kier alpha value is -3.22. The zero-order valence-corrected chi connectivity index (χ0v) is 14.6. The van der Waals surface area contributed by atoms with E-state index in [9.17, 15) is 18.8 Å². The number of esters is 1. The van der Waals surface area contributed by atoms with Crippen LogP contribution in [0.15, 0.2) is 42.5 Å². The molecule has 2 aromatic carbocycles. The van der Waals surface area contributed by atoms with Gasteiger partial charge in [0.05, 0.1) is 5.56 Å². The van der Waals surface area contributed by atoms with E-state index in [1.807, 2.05) is 0 Å². The van der Waals surface area contributed by atoms with Crippen molar-refractivity contribution in [2.45, 2.75) is 32.0 Å². The highest BCUT2D eigenvalue weighted by molar-refractivity contribution is 6.00. The predicted molar refractivity (Wildman–Crippen MR) is 94.2 cm³/mol. The minimum absolute atomic E-state index is 0.177. The molecule has 2 heterocycles. The first-order valence-electron chi connectivity index (χ1n) is 8.64. The fourth-order valence-corrected chi connectivity index (χ4v) is 3.48. The summed E-state index contributed by atoms with van der Waals surface area (Å²) < 4.78 is 19.1. The molecule has 0 aromatic heterocycles. The number of carbonyl (C=O) groups excluding carboxylic acids is 3. The predicted octanol–water partition coefficient (Wildman–Crippen LogP) is 2.93. The lowest BCUT2D eigenvalue weighted by molar-refractivity contribution is -0.144. The number of cyclic esters (lactones) is 1. The van der Waals surface area contributed by atoms with E-state index < -0.39 is 30.0 Å². The lowest BCUT2D eigenvalue weighted by atomic mass is 10.1. The minimum atomic E-state index is -0.922. The summed E-state index contributed by atoms with van der Waals surface area (Å²) in [6.45, 7) is 1.63. The Morgan fingerprint density at radius 2 is 2.00 bits per heavy atom. The maximum atomic E-state index is 13.7. The van der Waals surface area contributed by atoms with Crippen molar-refractivity contribution >= 4 is 23.5 Å². The van der Waals surface area contributed by atoms with E-state index in [-0.39, 0.29) is 12.3 Å². The number of hydrogen-bond donors (Lipinski definition) is 1. The van der Waals surface area contributed by atoms with Gasteiger partial charge in [-0.3, -0.25) is 14.5 Å². The highest BCUT2D eigenvalue weighted by atomic mass is 19.1. The second-order valence-electron chi connectivity index (χ2n) is 6.65. The average molecular weight is 368 g/mol. The van der Waals surface area contributed by atoms with Gasteiger partial charge in [0.1, 0.15) is 11.9 Å². The number of hydrogen-bond acceptors (Lipinski definition) is 4. The number of rotatable bonds is 3. The summed E-state index contributed by atoms with van der Waals surface area (Å²) in [6.07, 6.45) is -0.444. The van der Waals surface area contributed by atoms with E-state index in [1.165, 1.54) is 11.0 Å². The van der Waals surface area contributed by atoms with Gasteiger partial charge in [-0.2, -0.15) is 0 Å². The molecular formula is C20H17FN2O4. The largest absolute Gasteiger partial charge is 0.433 e. The number of aryl methyl sites for hydroxylation is 1. The molecule has 0 aliphatic carbocycles. The Balaban J connectivity index is 1.59. The van der Waals surface area contributed by atoms with Gasteiger partial charge in [0.15, 0.2) is 0 Å². The zero-order chi connectivity index (χ0) is 19.1. The smallest absolute Gasteiger partial charge is 0.340 e. The number of likely N-dealkylation sites (tertiary alicyclic amines) is 1. The third-order valence-electron chi connectivity index (χ3n) is 4.92. The monoisotopic (exact) mass is 368 g/mol. The molecule has 0 unspecified atom stereocenters. The van der Waals surface area contributed by atoms with E-state index in [1.54, 1.807) is 43.3 Å². The van der Waals surface area contributed by atoms with Gasteiger partial charge in [0.2, 0.25) is 18.0 Å². The molecular weight excluding hydrogens is 351 g/mol. The normalized spacial score (nSPS) is 21.2. The SMILES string of the molecule is Cc1ccc(NC(=O)[C@@H]2CCC(=O)N2[C@H]2OC(=O)c3ccccc32)cc1F. The molecule has 138 valence electrons. The van der Waals surface area contributed by atoms with Gasteiger partial charge in [-0.25, -0.2) is 9.18 Å². The molecule has 4 rings (SSSR count). The summed E-state index contributed by atoms with van der Waals surface area (Å²) in [5.41, 5.74) is 1.74. The Morgan fingerprint density at radius 1 is 1.22 bits per heavy atom. The second-order valence-corrected chi connectivity index (χ2v) is 6.65. The number of nitrogens with zero attached hydrogens (tertiary/aromatic N) is 1. The highest BCUT2D eigenvalue weighted by Gasteiger charge is 2.46. The maximum absolute atomic E-state index is 13.7. The number of ether oxygens (including phenoxy) is 1. The molecule has 0 saturated carbocycles. The number of halogens is 1. The van der Waals surface area contributed by atoms with Crippen LogP contribution in [-0.2, 0) is 14.3 Å². The van der Waals surface area contributed by atoms with Crippen LogP contribution in [-0.4, -0.2) is 28.7 Å². The Kier molecular flexibility index (Phi) is 4.14. The number of anilines is 1. The summed E-state index contributed by atoms with van der Waals surface area (Å²) in [6, 6.07) is 10.4. The van der Waals surface area contributed by atoms with Crippen molar-refractivity contribution in [2.75, 3.05) is 5.32 Å². The molecule has 2 atom stereocenters. The standard InChI is InChI=1S/C20H17FN2O4/c1-11-6-7-12(10-15(11)21)22-18(25)16-8-9-17(24)23(16)19-13-4-2-3-5-14(13)20(26)27-19/h2-7,10,16,19H,8-9H2,1H3,(H,22,25)/t16-,19-/m0/s1. The van der Waals surface area contributed by atoms with E-state index in [2.05, 4.69) is 5.32 Å². The van der Waals surface area contributed by atoms with Crippen LogP contribution in [0.1, 0.15) is 40.6 Å². The summed E-state index contributed by atoms with van der Waals surface area (Å²) in [4.78, 5) is 38.6. The quantitative estimate of drug-likeness (QED) is 0.846. The summed E-state index contributed by atoms with van der Waals surface area (Å²) in [7, 11) is 0. The first-order valence-corrected chi connectivity index (χ1v) is 8.64. The van der Waals surface area contributed by atoms with E-state index in [0.29, 0.717) is 28.8 Å². The van der Waals surface area contributed by atoms with Crippen LogP contribution < -0.4 is 5.32 Å². The van der Waals surface area contributed by atoms with Crippen molar-refractivity contribution in [2.24, 2.45) is 0 Å². The topological polar surface area (TPSA) is 75.7 Å². The van der Waals surface area contributed by atoms with Crippen LogP contribution in [0.2, 0.25) is 0 Å². The maximum Gasteiger partial charge on any atom is 0.340 e. The molecule has 2 aromatic rings. The van der Waals surface area contributed by atoms with E-state index >= 15 is 0 Å². The van der Waals surface area contributed by atoms with E-state index in [0.717, 1.165) is 0 Å². The fourth-order valence-electron chi connectivity index (χ4n) is 3.48. The summed E-state index contributed by atoms with van der Waals surface area (Å²) in [5, 5.41) is 2.65. The zero-order valence-electron chi connectivity index (χ0n) is 14.6. The van der Waals surface area contributed by atoms with E-state index in [4.69, 9.17) is 4.74 Å². The Morgan fingerprint density at radius 3 is 2.78 bits per heavy atom. The Labute approximate surface area is 154 Å².